The second kappa shape index (κ2) is 7.40. The predicted molar refractivity (Wildman–Crippen MR) is 79.6 cm³/mol. The van der Waals surface area contributed by atoms with Gasteiger partial charge in [-0.05, 0) is 12.1 Å². The van der Waals surface area contributed by atoms with Gasteiger partial charge < -0.3 is 10.2 Å². The first-order chi connectivity index (χ1) is 8.69. The maximum absolute atomic E-state index is 11.9. The van der Waals surface area contributed by atoms with E-state index in [-0.39, 0.29) is 10.9 Å². The third kappa shape index (κ3) is 4.14. The number of thiocarbonyl (C=S) groups is 1. The number of rotatable bonds is 5. The molecular weight excluding hydrogens is 244 g/mol. The van der Waals surface area contributed by atoms with Crippen molar-refractivity contribution in [3.63, 3.8) is 0 Å². The molecule has 1 aromatic carbocycles. The summed E-state index contributed by atoms with van der Waals surface area (Å²) in [5.41, 5.74) is 0.724. The molecule has 0 saturated carbocycles. The monoisotopic (exact) mass is 260 g/mol. The van der Waals surface area contributed by atoms with Crippen molar-refractivity contribution in [2.75, 3.05) is 18.4 Å². The molecule has 0 saturated heterocycles. The van der Waals surface area contributed by atoms with E-state index in [2.05, 4.69) is 18.5 Å². The summed E-state index contributed by atoms with van der Waals surface area (Å²) < 4.78 is 0. The fourth-order valence-corrected chi connectivity index (χ4v) is 1.60. The van der Waals surface area contributed by atoms with E-state index >= 15 is 0 Å². The summed E-state index contributed by atoms with van der Waals surface area (Å²) in [6.45, 7) is 8.32. The van der Waals surface area contributed by atoms with E-state index < -0.39 is 0 Å². The normalized spacial score (nSPS) is 9.33. The Morgan fingerprint density at radius 1 is 1.22 bits per heavy atom. The minimum atomic E-state index is -0.292. The summed E-state index contributed by atoms with van der Waals surface area (Å²) >= 11 is 5.15. The lowest BCUT2D eigenvalue weighted by Crippen LogP contribution is -2.38. The Balaban J connectivity index is 2.67. The summed E-state index contributed by atoms with van der Waals surface area (Å²) in [5, 5.41) is 2.75. The highest BCUT2D eigenvalue weighted by Crippen LogP contribution is 2.06. The van der Waals surface area contributed by atoms with Gasteiger partial charge in [0.2, 0.25) is 0 Å². The average Bonchev–Trinajstić information content (AvgIpc) is 2.39. The molecule has 1 amide bonds. The zero-order valence-corrected chi connectivity index (χ0v) is 11.0. The van der Waals surface area contributed by atoms with Crippen molar-refractivity contribution in [2.45, 2.75) is 0 Å². The topological polar surface area (TPSA) is 32.3 Å². The largest absolute Gasteiger partial charge is 0.351 e. The van der Waals surface area contributed by atoms with Crippen LogP contribution in [0.2, 0.25) is 0 Å². The van der Waals surface area contributed by atoms with Crippen LogP contribution in [-0.2, 0) is 4.79 Å². The van der Waals surface area contributed by atoms with Crippen molar-refractivity contribution < 1.29 is 4.79 Å². The molecule has 0 aliphatic carbocycles. The van der Waals surface area contributed by atoms with E-state index in [9.17, 15) is 4.79 Å². The minimum Gasteiger partial charge on any atom is -0.351 e. The average molecular weight is 260 g/mol. The zero-order chi connectivity index (χ0) is 13.4. The molecular formula is C14H16N2OS. The first-order valence-corrected chi connectivity index (χ1v) is 5.97. The van der Waals surface area contributed by atoms with Gasteiger partial charge in [-0.1, -0.05) is 42.6 Å². The molecule has 1 rings (SSSR count). The Bertz CT molecular complexity index is 432. The van der Waals surface area contributed by atoms with E-state index in [0.29, 0.717) is 13.1 Å². The molecule has 0 radical (unpaired) electrons. The number of para-hydroxylation sites is 1. The second-order valence-electron chi connectivity index (χ2n) is 3.61. The van der Waals surface area contributed by atoms with Gasteiger partial charge in [0.15, 0.2) is 4.99 Å². The van der Waals surface area contributed by atoms with Crippen LogP contribution in [0.5, 0.6) is 0 Å². The van der Waals surface area contributed by atoms with E-state index in [1.54, 1.807) is 17.1 Å². The number of hydrogen-bond acceptors (Lipinski definition) is 2. The van der Waals surface area contributed by atoms with Crippen LogP contribution >= 0.6 is 12.2 Å². The SMILES string of the molecule is C=CCN(CC=C)C(=S)C(=O)Nc1ccccc1. The van der Waals surface area contributed by atoms with Crippen LogP contribution in [0, 0.1) is 0 Å². The fourth-order valence-electron chi connectivity index (χ4n) is 1.40. The van der Waals surface area contributed by atoms with Crippen molar-refractivity contribution >= 4 is 28.8 Å². The highest BCUT2D eigenvalue weighted by Gasteiger charge is 2.15. The number of carbonyl (C=O) groups excluding carboxylic acids is 1. The zero-order valence-electron chi connectivity index (χ0n) is 10.1. The van der Waals surface area contributed by atoms with Gasteiger partial charge in [0.05, 0.1) is 0 Å². The summed E-state index contributed by atoms with van der Waals surface area (Å²) in [4.78, 5) is 13.9. The first kappa shape index (κ1) is 14.1. The van der Waals surface area contributed by atoms with Crippen LogP contribution in [0.4, 0.5) is 5.69 Å². The molecule has 1 aromatic rings. The second-order valence-corrected chi connectivity index (χ2v) is 3.99. The van der Waals surface area contributed by atoms with Crippen molar-refractivity contribution in [2.24, 2.45) is 0 Å². The number of carbonyl (C=O) groups is 1. The molecule has 0 unspecified atom stereocenters. The maximum Gasteiger partial charge on any atom is 0.283 e. The molecule has 0 aliphatic heterocycles. The van der Waals surface area contributed by atoms with Gasteiger partial charge in [0.25, 0.3) is 5.91 Å². The molecule has 4 heteroatoms. The summed E-state index contributed by atoms with van der Waals surface area (Å²) in [5.74, 6) is -0.292. The molecule has 18 heavy (non-hydrogen) atoms. The van der Waals surface area contributed by atoms with Crippen molar-refractivity contribution in [3.8, 4) is 0 Å². The third-order valence-electron chi connectivity index (χ3n) is 2.21. The summed E-state index contributed by atoms with van der Waals surface area (Å²) in [6.07, 6.45) is 3.40. The Kier molecular flexibility index (Phi) is 5.80. The lowest BCUT2D eigenvalue weighted by atomic mass is 10.3. The van der Waals surface area contributed by atoms with Crippen molar-refractivity contribution in [3.05, 3.63) is 55.6 Å². The quantitative estimate of drug-likeness (QED) is 0.652. The van der Waals surface area contributed by atoms with Gasteiger partial charge >= 0.3 is 0 Å². The van der Waals surface area contributed by atoms with Gasteiger partial charge in [-0.25, -0.2) is 0 Å². The molecule has 0 fully saturated rings. The molecule has 3 nitrogen and oxygen atoms in total. The van der Waals surface area contributed by atoms with Crippen LogP contribution in [0.25, 0.3) is 0 Å². The highest BCUT2D eigenvalue weighted by atomic mass is 32.1. The highest BCUT2D eigenvalue weighted by molar-refractivity contribution is 7.82. The molecule has 0 bridgehead atoms. The lowest BCUT2D eigenvalue weighted by Gasteiger charge is -2.21. The van der Waals surface area contributed by atoms with Gasteiger partial charge in [0.1, 0.15) is 0 Å². The first-order valence-electron chi connectivity index (χ1n) is 5.56. The van der Waals surface area contributed by atoms with E-state index in [4.69, 9.17) is 12.2 Å². The number of amides is 1. The number of anilines is 1. The third-order valence-corrected chi connectivity index (χ3v) is 2.66. The summed E-state index contributed by atoms with van der Waals surface area (Å²) in [7, 11) is 0. The number of nitrogens with zero attached hydrogens (tertiary/aromatic N) is 1. The Hall–Kier alpha value is -1.94. The van der Waals surface area contributed by atoms with Gasteiger partial charge in [-0.2, -0.15) is 0 Å². The van der Waals surface area contributed by atoms with E-state index in [0.717, 1.165) is 5.69 Å². The van der Waals surface area contributed by atoms with Gasteiger partial charge in [-0.3, -0.25) is 4.79 Å². The fraction of sp³-hybridized carbons (Fsp3) is 0.143. The molecule has 0 aromatic heterocycles. The molecule has 0 atom stereocenters. The van der Waals surface area contributed by atoms with Crippen molar-refractivity contribution in [1.82, 2.24) is 4.90 Å². The predicted octanol–water partition coefficient (Wildman–Crippen LogP) is 2.63. The van der Waals surface area contributed by atoms with E-state index in [1.807, 2.05) is 30.3 Å². The molecule has 0 aliphatic rings. The smallest absolute Gasteiger partial charge is 0.283 e. The Labute approximate surface area is 113 Å². The molecule has 94 valence electrons. The lowest BCUT2D eigenvalue weighted by molar-refractivity contribution is -0.110. The van der Waals surface area contributed by atoms with Crippen LogP contribution in [-0.4, -0.2) is 28.9 Å². The van der Waals surface area contributed by atoms with Crippen LogP contribution < -0.4 is 5.32 Å². The summed E-state index contributed by atoms with van der Waals surface area (Å²) in [6, 6.07) is 9.21. The van der Waals surface area contributed by atoms with Crippen molar-refractivity contribution in [1.29, 1.82) is 0 Å². The Morgan fingerprint density at radius 3 is 2.28 bits per heavy atom. The van der Waals surface area contributed by atoms with Gasteiger partial charge in [-0.15, -0.1) is 13.2 Å². The number of benzene rings is 1. The van der Waals surface area contributed by atoms with Crippen LogP contribution in [0.3, 0.4) is 0 Å². The van der Waals surface area contributed by atoms with E-state index in [1.165, 1.54) is 0 Å². The van der Waals surface area contributed by atoms with Crippen LogP contribution in [0.1, 0.15) is 0 Å². The minimum absolute atomic E-state index is 0.235. The van der Waals surface area contributed by atoms with Crippen LogP contribution in [0.15, 0.2) is 55.6 Å². The number of nitrogens with one attached hydrogen (secondary N) is 1. The van der Waals surface area contributed by atoms with Gasteiger partial charge in [0, 0.05) is 18.8 Å². The molecule has 0 spiro atoms. The number of hydrogen-bond donors (Lipinski definition) is 1. The maximum atomic E-state index is 11.9. The molecule has 0 heterocycles. The Morgan fingerprint density at radius 2 is 1.78 bits per heavy atom. The standard InChI is InChI=1S/C14H16N2OS/c1-3-10-16(11-4-2)14(18)13(17)15-12-8-6-5-7-9-12/h3-9H,1-2,10-11H2,(H,15,17). The molecule has 1 N–H and O–H groups in total.